The number of alkyl halides is 3. The van der Waals surface area contributed by atoms with Crippen LogP contribution in [0.3, 0.4) is 0 Å². The molecule has 2 N–H and O–H groups in total. The lowest BCUT2D eigenvalue weighted by molar-refractivity contribution is -0.176. The number of aromatic nitrogens is 1. The van der Waals surface area contributed by atoms with E-state index in [2.05, 4.69) is 51.5 Å². The Morgan fingerprint density at radius 2 is 1.74 bits per heavy atom. The summed E-state index contributed by atoms with van der Waals surface area (Å²) < 4.78 is 41.1. The maximum atomic E-state index is 12.1. The van der Waals surface area contributed by atoms with E-state index in [9.17, 15) is 13.2 Å². The molecule has 0 amide bonds. The maximum absolute atomic E-state index is 12.1. The van der Waals surface area contributed by atoms with Gasteiger partial charge >= 0.3 is 6.18 Å². The third-order valence-corrected chi connectivity index (χ3v) is 4.90. The molecule has 0 bridgehead atoms. The molecule has 0 saturated heterocycles. The molecule has 1 aromatic carbocycles. The summed E-state index contributed by atoms with van der Waals surface area (Å²) >= 11 is 1.62. The minimum absolute atomic E-state index is 0. The molecule has 5 nitrogen and oxygen atoms in total. The Morgan fingerprint density at radius 3 is 2.29 bits per heavy atom. The molecule has 1 aromatic heterocycles. The van der Waals surface area contributed by atoms with Gasteiger partial charge in [0, 0.05) is 17.3 Å². The van der Waals surface area contributed by atoms with Crippen LogP contribution < -0.4 is 10.6 Å². The van der Waals surface area contributed by atoms with Gasteiger partial charge in [0.2, 0.25) is 0 Å². The summed E-state index contributed by atoms with van der Waals surface area (Å²) in [5.74, 6) is 0.683. The fraction of sp³-hybridized carbons (Fsp3) is 0.524. The molecule has 0 unspecified atom stereocenters. The first-order valence-corrected chi connectivity index (χ1v) is 10.6. The van der Waals surface area contributed by atoms with E-state index in [1.807, 2.05) is 19.1 Å². The van der Waals surface area contributed by atoms with Gasteiger partial charge in [0.25, 0.3) is 0 Å². The summed E-state index contributed by atoms with van der Waals surface area (Å²) in [6.07, 6.45) is -4.31. The molecular weight excluding hydrogens is 540 g/mol. The molecule has 31 heavy (non-hydrogen) atoms. The standard InChI is InChI=1S/C21H29F3N4OS.HI/c1-5-25-19(27-11-18-28-17(13-30-18)20(2,3)4)26-10-15-6-8-16(9-7-15)12-29-14-21(22,23)24;/h6-9,13H,5,10-12,14H2,1-4H3,(H2,25,26,27);1H. The number of halogens is 4. The zero-order chi connectivity index (χ0) is 22.2. The van der Waals surface area contributed by atoms with Crippen LogP contribution in [0.2, 0.25) is 0 Å². The average molecular weight is 570 g/mol. The predicted molar refractivity (Wildman–Crippen MR) is 130 cm³/mol. The summed E-state index contributed by atoms with van der Waals surface area (Å²) in [6.45, 7) is 8.85. The molecular formula is C21H30F3IN4OS. The Labute approximate surface area is 202 Å². The molecule has 0 atom stereocenters. The quantitative estimate of drug-likeness (QED) is 0.254. The Kier molecular flexibility index (Phi) is 11.2. The highest BCUT2D eigenvalue weighted by molar-refractivity contribution is 14.0. The van der Waals surface area contributed by atoms with Crippen LogP contribution in [0.5, 0.6) is 0 Å². The number of ether oxygens (including phenoxy) is 1. The Morgan fingerprint density at radius 1 is 1.10 bits per heavy atom. The summed E-state index contributed by atoms with van der Waals surface area (Å²) in [7, 11) is 0. The van der Waals surface area contributed by atoms with Gasteiger partial charge in [-0.2, -0.15) is 13.2 Å². The van der Waals surface area contributed by atoms with E-state index >= 15 is 0 Å². The van der Waals surface area contributed by atoms with E-state index in [1.54, 1.807) is 23.5 Å². The number of aliphatic imine (C=N–C) groups is 1. The van der Waals surface area contributed by atoms with Crippen LogP contribution in [0.4, 0.5) is 13.2 Å². The van der Waals surface area contributed by atoms with Crippen LogP contribution in [-0.2, 0) is 29.8 Å². The van der Waals surface area contributed by atoms with E-state index in [1.165, 1.54) is 0 Å². The fourth-order valence-corrected chi connectivity index (χ4v) is 3.39. The summed E-state index contributed by atoms with van der Waals surface area (Å²) in [4.78, 5) is 9.24. The van der Waals surface area contributed by atoms with Crippen molar-refractivity contribution in [3.05, 3.63) is 51.5 Å². The molecule has 10 heteroatoms. The Balaban J connectivity index is 0.00000480. The van der Waals surface area contributed by atoms with Crippen molar-refractivity contribution in [2.45, 2.75) is 59.0 Å². The fourth-order valence-electron chi connectivity index (χ4n) is 2.43. The van der Waals surface area contributed by atoms with Crippen LogP contribution in [0.1, 0.15) is 49.5 Å². The maximum Gasteiger partial charge on any atom is 0.411 e. The van der Waals surface area contributed by atoms with Gasteiger partial charge in [0.15, 0.2) is 5.96 Å². The van der Waals surface area contributed by atoms with Crippen molar-refractivity contribution >= 4 is 41.3 Å². The lowest BCUT2D eigenvalue weighted by atomic mass is 9.93. The number of thiazole rings is 1. The molecule has 0 fully saturated rings. The molecule has 0 saturated carbocycles. The van der Waals surface area contributed by atoms with Gasteiger partial charge in [-0.1, -0.05) is 45.0 Å². The average Bonchev–Trinajstić information content (AvgIpc) is 3.13. The summed E-state index contributed by atoms with van der Waals surface area (Å²) in [6, 6.07) is 7.20. The number of hydrogen-bond donors (Lipinski definition) is 2. The number of hydrogen-bond acceptors (Lipinski definition) is 4. The van der Waals surface area contributed by atoms with Gasteiger partial charge in [-0.05, 0) is 18.1 Å². The molecule has 2 rings (SSSR count). The van der Waals surface area contributed by atoms with Crippen LogP contribution >= 0.6 is 35.3 Å². The van der Waals surface area contributed by atoms with Crippen molar-refractivity contribution in [3.63, 3.8) is 0 Å². The predicted octanol–water partition coefficient (Wildman–Crippen LogP) is 5.39. The third-order valence-electron chi connectivity index (χ3n) is 4.05. The summed E-state index contributed by atoms with van der Waals surface area (Å²) in [5.41, 5.74) is 2.74. The van der Waals surface area contributed by atoms with Crippen molar-refractivity contribution in [3.8, 4) is 0 Å². The first-order valence-electron chi connectivity index (χ1n) is 9.76. The van der Waals surface area contributed by atoms with Crippen molar-refractivity contribution in [2.24, 2.45) is 4.99 Å². The second-order valence-corrected chi connectivity index (χ2v) is 8.79. The van der Waals surface area contributed by atoms with Gasteiger partial charge in [0.1, 0.15) is 11.6 Å². The number of benzene rings is 1. The van der Waals surface area contributed by atoms with E-state index in [0.29, 0.717) is 24.6 Å². The van der Waals surface area contributed by atoms with Gasteiger partial charge in [-0.3, -0.25) is 0 Å². The number of nitrogens with one attached hydrogen (secondary N) is 2. The van der Waals surface area contributed by atoms with E-state index in [0.717, 1.165) is 22.8 Å². The smallest absolute Gasteiger partial charge is 0.367 e. The van der Waals surface area contributed by atoms with Crippen molar-refractivity contribution in [2.75, 3.05) is 13.2 Å². The molecule has 2 aromatic rings. The lowest BCUT2D eigenvalue weighted by Gasteiger charge is -2.14. The van der Waals surface area contributed by atoms with E-state index < -0.39 is 12.8 Å². The normalized spacial score (nSPS) is 12.4. The SMILES string of the molecule is CCNC(=NCc1ccc(COCC(F)(F)F)cc1)NCc1nc(C(C)(C)C)cs1.I. The van der Waals surface area contributed by atoms with Crippen molar-refractivity contribution in [1.29, 1.82) is 0 Å². The zero-order valence-corrected chi connectivity index (χ0v) is 21.3. The molecule has 174 valence electrons. The molecule has 0 radical (unpaired) electrons. The number of rotatable bonds is 8. The second kappa shape index (κ2) is 12.6. The van der Waals surface area contributed by atoms with E-state index in [-0.39, 0.29) is 36.0 Å². The summed E-state index contributed by atoms with van der Waals surface area (Å²) in [5, 5.41) is 9.57. The minimum Gasteiger partial charge on any atom is -0.367 e. The van der Waals surface area contributed by atoms with Crippen LogP contribution in [-0.4, -0.2) is 30.3 Å². The largest absolute Gasteiger partial charge is 0.411 e. The van der Waals surface area contributed by atoms with E-state index in [4.69, 9.17) is 0 Å². The number of guanidine groups is 1. The molecule has 0 aliphatic rings. The highest BCUT2D eigenvalue weighted by atomic mass is 127. The van der Waals surface area contributed by atoms with Crippen molar-refractivity contribution < 1.29 is 17.9 Å². The lowest BCUT2D eigenvalue weighted by Crippen LogP contribution is -2.36. The molecule has 0 aliphatic heterocycles. The van der Waals surface area contributed by atoms with Gasteiger partial charge in [-0.25, -0.2) is 9.98 Å². The van der Waals surface area contributed by atoms with Crippen molar-refractivity contribution in [1.82, 2.24) is 15.6 Å². The van der Waals surface area contributed by atoms with Gasteiger partial charge in [0.05, 0.1) is 25.4 Å². The topological polar surface area (TPSA) is 58.5 Å². The van der Waals surface area contributed by atoms with Crippen LogP contribution in [0, 0.1) is 0 Å². The first-order chi connectivity index (χ1) is 14.1. The highest BCUT2D eigenvalue weighted by Crippen LogP contribution is 2.23. The first kappa shape index (κ1) is 27.6. The second-order valence-electron chi connectivity index (χ2n) is 7.85. The Bertz CT molecular complexity index is 817. The van der Waals surface area contributed by atoms with Gasteiger partial charge < -0.3 is 15.4 Å². The zero-order valence-electron chi connectivity index (χ0n) is 18.2. The molecule has 1 heterocycles. The molecule has 0 spiro atoms. The third kappa shape index (κ3) is 10.6. The van der Waals surface area contributed by atoms with Gasteiger partial charge in [-0.15, -0.1) is 35.3 Å². The van der Waals surface area contributed by atoms with Crippen LogP contribution in [0.25, 0.3) is 0 Å². The highest BCUT2D eigenvalue weighted by Gasteiger charge is 2.27. The van der Waals surface area contributed by atoms with Crippen LogP contribution in [0.15, 0.2) is 34.6 Å². The molecule has 0 aliphatic carbocycles. The monoisotopic (exact) mass is 570 g/mol. The minimum atomic E-state index is -4.31. The Hall–Kier alpha value is -1.40. The number of nitrogens with zero attached hydrogens (tertiary/aromatic N) is 2.